The van der Waals surface area contributed by atoms with Crippen molar-refractivity contribution in [1.82, 2.24) is 9.97 Å². The SMILES string of the molecule is COc1cc(/C=N\Nc2nc(C(C)C)cc(=O)[nH]2)cc([N+](=O)[O-])c1OCc1cccc(C)c1. The molecule has 0 saturated heterocycles. The standard InChI is InChI=1S/C23H25N5O5/c1-14(2)18-11-21(29)26-23(25-18)27-24-12-17-9-19(28(30)31)22(20(10-17)32-4)33-13-16-7-5-6-15(3)8-16/h5-12,14H,13H2,1-4H3,(H2,25,26,27,29)/b24-12-. The van der Waals surface area contributed by atoms with Crippen LogP contribution in [0.5, 0.6) is 11.5 Å². The largest absolute Gasteiger partial charge is 0.493 e. The van der Waals surface area contributed by atoms with E-state index < -0.39 is 4.92 Å². The number of nitro groups is 1. The minimum Gasteiger partial charge on any atom is -0.493 e. The molecule has 0 aliphatic heterocycles. The van der Waals surface area contributed by atoms with Crippen LogP contribution in [0.3, 0.4) is 0 Å². The normalized spacial score (nSPS) is 11.1. The summed E-state index contributed by atoms with van der Waals surface area (Å²) in [5.74, 6) is 0.467. The van der Waals surface area contributed by atoms with Crippen LogP contribution in [0.4, 0.5) is 11.6 Å². The van der Waals surface area contributed by atoms with Gasteiger partial charge < -0.3 is 9.47 Å². The monoisotopic (exact) mass is 451 g/mol. The molecule has 33 heavy (non-hydrogen) atoms. The maximum Gasteiger partial charge on any atom is 0.315 e. The number of hydrazone groups is 1. The minimum atomic E-state index is -0.538. The Balaban J connectivity index is 1.84. The van der Waals surface area contributed by atoms with Crippen molar-refractivity contribution in [3.8, 4) is 11.5 Å². The number of anilines is 1. The van der Waals surface area contributed by atoms with Crippen molar-refractivity contribution in [2.45, 2.75) is 33.3 Å². The number of benzene rings is 2. The summed E-state index contributed by atoms with van der Waals surface area (Å²) in [6, 6.07) is 12.0. The van der Waals surface area contributed by atoms with Gasteiger partial charge in [-0.05, 0) is 24.5 Å². The van der Waals surface area contributed by atoms with E-state index in [1.165, 1.54) is 25.5 Å². The second kappa shape index (κ2) is 10.4. The number of ether oxygens (including phenoxy) is 2. The Morgan fingerprint density at radius 3 is 2.73 bits per heavy atom. The van der Waals surface area contributed by atoms with E-state index in [-0.39, 0.29) is 41.2 Å². The summed E-state index contributed by atoms with van der Waals surface area (Å²) in [4.78, 5) is 29.8. The van der Waals surface area contributed by atoms with E-state index >= 15 is 0 Å². The lowest BCUT2D eigenvalue weighted by Crippen LogP contribution is -2.12. The molecular weight excluding hydrogens is 426 g/mol. The van der Waals surface area contributed by atoms with Gasteiger partial charge in [-0.1, -0.05) is 43.7 Å². The average molecular weight is 451 g/mol. The van der Waals surface area contributed by atoms with Crippen molar-refractivity contribution < 1.29 is 14.4 Å². The zero-order valence-electron chi connectivity index (χ0n) is 18.8. The maximum atomic E-state index is 11.8. The molecule has 0 aliphatic carbocycles. The first-order valence-corrected chi connectivity index (χ1v) is 10.2. The topological polar surface area (TPSA) is 132 Å². The van der Waals surface area contributed by atoms with Crippen LogP contribution in [0.15, 0.2) is 52.4 Å². The summed E-state index contributed by atoms with van der Waals surface area (Å²) < 4.78 is 11.1. The Hall–Kier alpha value is -4.21. The van der Waals surface area contributed by atoms with E-state index in [4.69, 9.17) is 9.47 Å². The fraction of sp³-hybridized carbons (Fsp3) is 0.261. The average Bonchev–Trinajstić information content (AvgIpc) is 2.77. The van der Waals surface area contributed by atoms with Crippen molar-refractivity contribution in [3.63, 3.8) is 0 Å². The molecule has 10 nitrogen and oxygen atoms in total. The number of nitrogens with one attached hydrogen (secondary N) is 2. The van der Waals surface area contributed by atoms with Gasteiger partial charge in [-0.2, -0.15) is 5.10 Å². The van der Waals surface area contributed by atoms with Gasteiger partial charge in [0.15, 0.2) is 5.75 Å². The molecule has 0 amide bonds. The van der Waals surface area contributed by atoms with Gasteiger partial charge >= 0.3 is 5.69 Å². The third kappa shape index (κ3) is 6.16. The molecule has 172 valence electrons. The van der Waals surface area contributed by atoms with Crippen LogP contribution in [-0.4, -0.2) is 28.2 Å². The Bertz CT molecular complexity index is 1240. The molecule has 10 heteroatoms. The highest BCUT2D eigenvalue weighted by Gasteiger charge is 2.22. The lowest BCUT2D eigenvalue weighted by atomic mass is 10.1. The number of aromatic amines is 1. The van der Waals surface area contributed by atoms with Crippen molar-refractivity contribution in [3.05, 3.63) is 85.3 Å². The number of nitrogens with zero attached hydrogens (tertiary/aromatic N) is 3. The first kappa shape index (κ1) is 23.5. The molecule has 1 aromatic heterocycles. The number of aryl methyl sites for hydroxylation is 1. The van der Waals surface area contributed by atoms with Gasteiger partial charge in [-0.15, -0.1) is 0 Å². The number of methoxy groups -OCH3 is 1. The number of hydrogen-bond acceptors (Lipinski definition) is 8. The molecular formula is C23H25N5O5. The lowest BCUT2D eigenvalue weighted by molar-refractivity contribution is -0.386. The Labute approximate surface area is 190 Å². The van der Waals surface area contributed by atoms with E-state index in [2.05, 4.69) is 20.5 Å². The molecule has 1 heterocycles. The molecule has 0 aliphatic rings. The van der Waals surface area contributed by atoms with Crippen LogP contribution in [0.25, 0.3) is 0 Å². The summed E-state index contributed by atoms with van der Waals surface area (Å²) in [5, 5.41) is 15.7. The lowest BCUT2D eigenvalue weighted by Gasteiger charge is -2.12. The van der Waals surface area contributed by atoms with E-state index in [1.807, 2.05) is 45.0 Å². The number of aromatic nitrogens is 2. The van der Waals surface area contributed by atoms with Gasteiger partial charge in [0, 0.05) is 17.7 Å². The van der Waals surface area contributed by atoms with E-state index in [9.17, 15) is 14.9 Å². The van der Waals surface area contributed by atoms with Crippen LogP contribution >= 0.6 is 0 Å². The number of rotatable bonds is 9. The zero-order chi connectivity index (χ0) is 24.0. The first-order valence-electron chi connectivity index (χ1n) is 10.2. The van der Waals surface area contributed by atoms with E-state index in [0.717, 1.165) is 11.1 Å². The molecule has 0 bridgehead atoms. The third-order valence-corrected chi connectivity index (χ3v) is 4.68. The van der Waals surface area contributed by atoms with Crippen LogP contribution in [0.1, 0.15) is 42.1 Å². The number of hydrogen-bond donors (Lipinski definition) is 2. The van der Waals surface area contributed by atoms with Crippen molar-refractivity contribution in [1.29, 1.82) is 0 Å². The van der Waals surface area contributed by atoms with Crippen LogP contribution in [-0.2, 0) is 6.61 Å². The molecule has 0 atom stereocenters. The van der Waals surface area contributed by atoms with Gasteiger partial charge in [-0.25, -0.2) is 10.4 Å². The van der Waals surface area contributed by atoms with Gasteiger partial charge in [0.05, 0.1) is 23.9 Å². The molecule has 0 radical (unpaired) electrons. The number of H-pyrrole nitrogens is 1. The summed E-state index contributed by atoms with van der Waals surface area (Å²) in [5.41, 5.74) is 5.04. The van der Waals surface area contributed by atoms with Crippen molar-refractivity contribution in [2.75, 3.05) is 12.5 Å². The van der Waals surface area contributed by atoms with Gasteiger partial charge in [0.25, 0.3) is 5.56 Å². The highest BCUT2D eigenvalue weighted by atomic mass is 16.6. The zero-order valence-corrected chi connectivity index (χ0v) is 18.8. The molecule has 3 rings (SSSR count). The highest BCUT2D eigenvalue weighted by molar-refractivity contribution is 5.83. The molecule has 0 unspecified atom stereocenters. The Morgan fingerprint density at radius 1 is 1.27 bits per heavy atom. The Morgan fingerprint density at radius 2 is 2.06 bits per heavy atom. The maximum absolute atomic E-state index is 11.8. The fourth-order valence-electron chi connectivity index (χ4n) is 3.07. The summed E-state index contributed by atoms with van der Waals surface area (Å²) in [6.45, 7) is 5.95. The van der Waals surface area contributed by atoms with E-state index in [0.29, 0.717) is 11.3 Å². The van der Waals surface area contributed by atoms with Crippen molar-refractivity contribution >= 4 is 17.9 Å². The van der Waals surface area contributed by atoms with Crippen LogP contribution in [0, 0.1) is 17.0 Å². The van der Waals surface area contributed by atoms with Crippen LogP contribution in [0.2, 0.25) is 0 Å². The smallest absolute Gasteiger partial charge is 0.315 e. The molecule has 2 aromatic carbocycles. The number of nitro benzene ring substituents is 1. The third-order valence-electron chi connectivity index (χ3n) is 4.68. The quantitative estimate of drug-likeness (QED) is 0.284. The first-order chi connectivity index (χ1) is 15.8. The molecule has 0 fully saturated rings. The summed E-state index contributed by atoms with van der Waals surface area (Å²) >= 11 is 0. The van der Waals surface area contributed by atoms with Crippen molar-refractivity contribution in [2.24, 2.45) is 5.10 Å². The summed E-state index contributed by atoms with van der Waals surface area (Å²) in [7, 11) is 1.41. The molecule has 3 aromatic rings. The highest BCUT2D eigenvalue weighted by Crippen LogP contribution is 2.38. The molecule has 2 N–H and O–H groups in total. The van der Waals surface area contributed by atoms with E-state index in [1.54, 1.807) is 6.07 Å². The predicted octanol–water partition coefficient (Wildman–Crippen LogP) is 4.14. The fourth-order valence-corrected chi connectivity index (χ4v) is 3.07. The second-order valence-corrected chi connectivity index (χ2v) is 7.65. The van der Waals surface area contributed by atoms with Gasteiger partial charge in [0.2, 0.25) is 11.7 Å². The van der Waals surface area contributed by atoms with Gasteiger partial charge in [-0.3, -0.25) is 19.9 Å². The molecule has 0 saturated carbocycles. The summed E-state index contributed by atoms with van der Waals surface area (Å²) in [6.07, 6.45) is 1.36. The Kier molecular flexibility index (Phi) is 7.39. The van der Waals surface area contributed by atoms with Gasteiger partial charge in [0.1, 0.15) is 6.61 Å². The van der Waals surface area contributed by atoms with Crippen LogP contribution < -0.4 is 20.5 Å². The predicted molar refractivity (Wildman–Crippen MR) is 125 cm³/mol. The second-order valence-electron chi connectivity index (χ2n) is 7.65. The minimum absolute atomic E-state index is 0.0322. The molecule has 0 spiro atoms.